The summed E-state index contributed by atoms with van der Waals surface area (Å²) >= 11 is 1.79. The third kappa shape index (κ3) is 4.14. The van der Waals surface area contributed by atoms with Crippen LogP contribution in [-0.4, -0.2) is 35.8 Å². The van der Waals surface area contributed by atoms with Gasteiger partial charge in [-0.25, -0.2) is 0 Å². The molecule has 2 heterocycles. The Balaban J connectivity index is 1.47. The van der Waals surface area contributed by atoms with Crippen LogP contribution in [-0.2, 0) is 16.0 Å². The second kappa shape index (κ2) is 7.47. The summed E-state index contributed by atoms with van der Waals surface area (Å²) in [5.74, 6) is 0.335. The van der Waals surface area contributed by atoms with Gasteiger partial charge in [0.15, 0.2) is 0 Å². The van der Waals surface area contributed by atoms with Crippen molar-refractivity contribution in [1.29, 1.82) is 0 Å². The van der Waals surface area contributed by atoms with Gasteiger partial charge in [0.05, 0.1) is 5.92 Å². The van der Waals surface area contributed by atoms with E-state index in [1.54, 1.807) is 11.3 Å². The summed E-state index contributed by atoms with van der Waals surface area (Å²) in [5, 5.41) is 3.07. The van der Waals surface area contributed by atoms with E-state index in [2.05, 4.69) is 24.4 Å². The van der Waals surface area contributed by atoms with Gasteiger partial charge in [0.1, 0.15) is 0 Å². The van der Waals surface area contributed by atoms with E-state index in [-0.39, 0.29) is 17.7 Å². The van der Waals surface area contributed by atoms with Gasteiger partial charge in [0, 0.05) is 35.3 Å². The number of likely N-dealkylation sites (tertiary alicyclic amines) is 1. The van der Waals surface area contributed by atoms with Crippen molar-refractivity contribution in [2.75, 3.05) is 13.1 Å². The molecule has 3 rings (SSSR count). The van der Waals surface area contributed by atoms with Gasteiger partial charge in [0.25, 0.3) is 0 Å². The van der Waals surface area contributed by atoms with E-state index in [1.807, 2.05) is 4.90 Å². The van der Waals surface area contributed by atoms with Crippen molar-refractivity contribution in [2.45, 2.75) is 57.9 Å². The number of carbonyl (C=O) groups is 2. The topological polar surface area (TPSA) is 49.4 Å². The predicted molar refractivity (Wildman–Crippen MR) is 92.5 cm³/mol. The number of thiophene rings is 1. The maximum absolute atomic E-state index is 12.4. The Morgan fingerprint density at radius 2 is 2.09 bits per heavy atom. The van der Waals surface area contributed by atoms with Crippen LogP contribution in [0, 0.1) is 12.8 Å². The lowest BCUT2D eigenvalue weighted by molar-refractivity contribution is -0.140. The van der Waals surface area contributed by atoms with E-state index >= 15 is 0 Å². The maximum atomic E-state index is 12.4. The van der Waals surface area contributed by atoms with Crippen molar-refractivity contribution >= 4 is 23.2 Å². The van der Waals surface area contributed by atoms with Crippen LogP contribution in [0.4, 0.5) is 0 Å². The first-order valence-electron chi connectivity index (χ1n) is 8.76. The predicted octanol–water partition coefficient (Wildman–Crippen LogP) is 2.90. The van der Waals surface area contributed by atoms with Gasteiger partial charge in [-0.05, 0) is 44.7 Å². The van der Waals surface area contributed by atoms with Gasteiger partial charge >= 0.3 is 0 Å². The van der Waals surface area contributed by atoms with Gasteiger partial charge < -0.3 is 10.2 Å². The Bertz CT molecular complexity index is 563. The molecule has 1 saturated heterocycles. The highest BCUT2D eigenvalue weighted by atomic mass is 32.1. The SMILES string of the molecule is Cc1ccc(CCNC(=O)[C@H]2CCC(=O)N(C3CCCC3)C2)s1. The normalized spacial score (nSPS) is 22.6. The van der Waals surface area contributed by atoms with Crippen LogP contribution in [0.5, 0.6) is 0 Å². The van der Waals surface area contributed by atoms with Gasteiger partial charge in [-0.2, -0.15) is 0 Å². The van der Waals surface area contributed by atoms with E-state index in [9.17, 15) is 9.59 Å². The molecule has 0 aromatic carbocycles. The van der Waals surface area contributed by atoms with Gasteiger partial charge in [0.2, 0.25) is 11.8 Å². The third-order valence-corrected chi connectivity index (χ3v) is 6.11. The van der Waals surface area contributed by atoms with Crippen molar-refractivity contribution in [3.05, 3.63) is 21.9 Å². The molecule has 1 aliphatic heterocycles. The molecule has 1 aromatic heterocycles. The fraction of sp³-hybridized carbons (Fsp3) is 0.667. The number of nitrogens with one attached hydrogen (secondary N) is 1. The number of hydrogen-bond acceptors (Lipinski definition) is 3. The molecule has 0 spiro atoms. The van der Waals surface area contributed by atoms with Gasteiger partial charge in [-0.15, -0.1) is 11.3 Å². The first-order valence-corrected chi connectivity index (χ1v) is 9.57. The van der Waals surface area contributed by atoms with Crippen LogP contribution >= 0.6 is 11.3 Å². The highest BCUT2D eigenvalue weighted by molar-refractivity contribution is 7.11. The molecule has 0 bridgehead atoms. The second-order valence-electron chi connectivity index (χ2n) is 6.77. The Labute approximate surface area is 142 Å². The molecule has 2 amide bonds. The number of nitrogens with zero attached hydrogens (tertiary/aromatic N) is 1. The minimum Gasteiger partial charge on any atom is -0.355 e. The number of rotatable bonds is 5. The van der Waals surface area contributed by atoms with E-state index in [0.29, 0.717) is 32.0 Å². The van der Waals surface area contributed by atoms with Crippen LogP contribution in [0.1, 0.15) is 48.3 Å². The number of aryl methyl sites for hydroxylation is 1. The molecule has 1 N–H and O–H groups in total. The zero-order valence-electron chi connectivity index (χ0n) is 13.8. The first-order chi connectivity index (χ1) is 11.1. The Morgan fingerprint density at radius 3 is 2.78 bits per heavy atom. The lowest BCUT2D eigenvalue weighted by Gasteiger charge is -2.36. The van der Waals surface area contributed by atoms with E-state index in [1.165, 1.54) is 22.6 Å². The molecule has 5 heteroatoms. The number of piperidine rings is 1. The molecule has 1 aliphatic carbocycles. The van der Waals surface area contributed by atoms with Gasteiger partial charge in [-0.3, -0.25) is 9.59 Å². The standard InChI is InChI=1S/C18H26N2O2S/c1-13-6-8-16(23-13)10-11-19-18(22)14-7-9-17(21)20(12-14)15-4-2-3-5-15/h6,8,14-15H,2-5,7,9-12H2,1H3,(H,19,22)/t14-/m0/s1. The minimum absolute atomic E-state index is 0.0293. The highest BCUT2D eigenvalue weighted by Crippen LogP contribution is 2.28. The van der Waals surface area contributed by atoms with Gasteiger partial charge in [-0.1, -0.05) is 12.8 Å². The molecule has 2 aliphatic rings. The van der Waals surface area contributed by atoms with Crippen LogP contribution < -0.4 is 5.32 Å². The summed E-state index contributed by atoms with van der Waals surface area (Å²) in [6, 6.07) is 4.63. The molecule has 126 valence electrons. The number of hydrogen-bond donors (Lipinski definition) is 1. The molecule has 1 atom stereocenters. The van der Waals surface area contributed by atoms with Crippen LogP contribution in [0.15, 0.2) is 12.1 Å². The molecule has 0 radical (unpaired) electrons. The Kier molecular flexibility index (Phi) is 5.36. The van der Waals surface area contributed by atoms with Crippen molar-refractivity contribution in [2.24, 2.45) is 5.92 Å². The largest absolute Gasteiger partial charge is 0.355 e. The van der Waals surface area contributed by atoms with Crippen LogP contribution in [0.25, 0.3) is 0 Å². The zero-order chi connectivity index (χ0) is 16.2. The number of amides is 2. The minimum atomic E-state index is -0.0293. The molecule has 2 fully saturated rings. The lowest BCUT2D eigenvalue weighted by Crippen LogP contribution is -2.49. The summed E-state index contributed by atoms with van der Waals surface area (Å²) < 4.78 is 0. The van der Waals surface area contributed by atoms with Crippen LogP contribution in [0.3, 0.4) is 0 Å². The molecule has 4 nitrogen and oxygen atoms in total. The maximum Gasteiger partial charge on any atom is 0.224 e. The molecule has 0 unspecified atom stereocenters. The average Bonchev–Trinajstić information content (AvgIpc) is 3.19. The lowest BCUT2D eigenvalue weighted by atomic mass is 9.95. The Hall–Kier alpha value is -1.36. The monoisotopic (exact) mass is 334 g/mol. The number of carbonyl (C=O) groups excluding carboxylic acids is 2. The molecule has 1 aromatic rings. The summed E-state index contributed by atoms with van der Waals surface area (Å²) in [6.07, 6.45) is 6.76. The van der Waals surface area contributed by atoms with Crippen molar-refractivity contribution in [1.82, 2.24) is 10.2 Å². The van der Waals surface area contributed by atoms with Crippen LogP contribution in [0.2, 0.25) is 0 Å². The zero-order valence-corrected chi connectivity index (χ0v) is 14.7. The summed E-state index contributed by atoms with van der Waals surface area (Å²) in [7, 11) is 0. The summed E-state index contributed by atoms with van der Waals surface area (Å²) in [4.78, 5) is 29.2. The smallest absolute Gasteiger partial charge is 0.224 e. The highest BCUT2D eigenvalue weighted by Gasteiger charge is 2.34. The fourth-order valence-electron chi connectivity index (χ4n) is 3.73. The Morgan fingerprint density at radius 1 is 1.30 bits per heavy atom. The van der Waals surface area contributed by atoms with Crippen molar-refractivity contribution < 1.29 is 9.59 Å². The first kappa shape index (κ1) is 16.5. The van der Waals surface area contributed by atoms with E-state index < -0.39 is 0 Å². The third-order valence-electron chi connectivity index (χ3n) is 5.05. The molecular weight excluding hydrogens is 308 g/mol. The summed E-state index contributed by atoms with van der Waals surface area (Å²) in [5.41, 5.74) is 0. The molecule has 23 heavy (non-hydrogen) atoms. The summed E-state index contributed by atoms with van der Waals surface area (Å²) in [6.45, 7) is 3.41. The molecular formula is C18H26N2O2S. The van der Waals surface area contributed by atoms with E-state index in [0.717, 1.165) is 19.3 Å². The second-order valence-corrected chi connectivity index (χ2v) is 8.15. The fourth-order valence-corrected chi connectivity index (χ4v) is 4.62. The van der Waals surface area contributed by atoms with Crippen molar-refractivity contribution in [3.8, 4) is 0 Å². The molecule has 1 saturated carbocycles. The van der Waals surface area contributed by atoms with Crippen molar-refractivity contribution in [3.63, 3.8) is 0 Å². The van der Waals surface area contributed by atoms with E-state index in [4.69, 9.17) is 0 Å². The quantitative estimate of drug-likeness (QED) is 0.900. The average molecular weight is 334 g/mol.